The fraction of sp³-hybridized carbons (Fsp3) is 0.833. The zero-order valence-electron chi connectivity index (χ0n) is 19.4. The van der Waals surface area contributed by atoms with Gasteiger partial charge in [-0.3, -0.25) is 4.79 Å². The van der Waals surface area contributed by atoms with Crippen LogP contribution in [0.25, 0.3) is 0 Å². The third-order valence-electron chi connectivity index (χ3n) is 5.54. The normalized spacial score (nSPS) is 15.2. The predicted molar refractivity (Wildman–Crippen MR) is 126 cm³/mol. The van der Waals surface area contributed by atoms with Crippen molar-refractivity contribution in [3.63, 3.8) is 0 Å². The number of carboxylic acids is 1. The van der Waals surface area contributed by atoms with Crippen molar-refractivity contribution in [2.75, 3.05) is 11.5 Å². The smallest absolute Gasteiger partial charge is 0.327 e. The fourth-order valence-corrected chi connectivity index (χ4v) is 4.48. The van der Waals surface area contributed by atoms with Gasteiger partial charge in [-0.1, -0.05) is 84.3 Å². The van der Waals surface area contributed by atoms with E-state index in [0.717, 1.165) is 29.9 Å². The molecule has 2 N–H and O–H groups in total. The summed E-state index contributed by atoms with van der Waals surface area (Å²) in [6.07, 6.45) is 14.5. The summed E-state index contributed by atoms with van der Waals surface area (Å²) in [4.78, 5) is 21.4. The average Bonchev–Trinajstić information content (AvgIpc) is 2.63. The van der Waals surface area contributed by atoms with Gasteiger partial charge in [0.1, 0.15) is 6.04 Å². The predicted octanol–water partition coefficient (Wildman–Crippen LogP) is 6.30. The van der Waals surface area contributed by atoms with Crippen molar-refractivity contribution in [2.45, 2.75) is 98.4 Å². The van der Waals surface area contributed by atoms with Gasteiger partial charge in [0, 0.05) is 11.5 Å². The first-order chi connectivity index (χ1) is 13.8. The Morgan fingerprint density at radius 3 is 2.03 bits per heavy atom. The van der Waals surface area contributed by atoms with Gasteiger partial charge in [0.05, 0.1) is 0 Å². The zero-order valence-corrected chi connectivity index (χ0v) is 20.2. The highest BCUT2D eigenvalue weighted by molar-refractivity contribution is 7.99. The minimum Gasteiger partial charge on any atom is -0.480 e. The minimum atomic E-state index is -0.982. The molecule has 0 spiro atoms. The molecule has 170 valence electrons. The molecule has 0 aromatic carbocycles. The van der Waals surface area contributed by atoms with Gasteiger partial charge in [-0.05, 0) is 37.5 Å². The molecule has 1 amide bonds. The van der Waals surface area contributed by atoms with E-state index in [9.17, 15) is 9.59 Å². The molecular formula is C24H45NO3S. The summed E-state index contributed by atoms with van der Waals surface area (Å²) in [5, 5.41) is 11.3. The van der Waals surface area contributed by atoms with Crippen molar-refractivity contribution >= 4 is 24.1 Å². The molecule has 0 saturated heterocycles. The first kappa shape index (κ1) is 28.0. The lowest BCUT2D eigenvalue weighted by atomic mass is 9.91. The van der Waals surface area contributed by atoms with E-state index in [0.29, 0.717) is 12.2 Å². The van der Waals surface area contributed by atoms with Gasteiger partial charge in [-0.25, -0.2) is 4.79 Å². The summed E-state index contributed by atoms with van der Waals surface area (Å²) < 4.78 is 0. The monoisotopic (exact) mass is 427 g/mol. The summed E-state index contributed by atoms with van der Waals surface area (Å²) in [5.74, 6) is 2.70. The Balaban J connectivity index is 3.78. The summed E-state index contributed by atoms with van der Waals surface area (Å²) in [6, 6.07) is -0.801. The van der Waals surface area contributed by atoms with E-state index in [-0.39, 0.29) is 0 Å². The van der Waals surface area contributed by atoms with Gasteiger partial charge in [0.2, 0.25) is 6.41 Å². The van der Waals surface area contributed by atoms with E-state index >= 15 is 0 Å². The lowest BCUT2D eigenvalue weighted by Gasteiger charge is -2.15. The number of amides is 1. The molecule has 0 aliphatic carbocycles. The van der Waals surface area contributed by atoms with Crippen molar-refractivity contribution < 1.29 is 14.7 Å². The number of carbonyl (C=O) groups is 2. The van der Waals surface area contributed by atoms with Crippen LogP contribution in [0.15, 0.2) is 11.6 Å². The van der Waals surface area contributed by atoms with Crippen molar-refractivity contribution in [3.8, 4) is 0 Å². The molecule has 5 heteroatoms. The Hall–Kier alpha value is -0.970. The lowest BCUT2D eigenvalue weighted by Crippen LogP contribution is -2.37. The molecule has 0 bridgehead atoms. The highest BCUT2D eigenvalue weighted by Gasteiger charge is 2.15. The maximum Gasteiger partial charge on any atom is 0.327 e. The molecule has 29 heavy (non-hydrogen) atoms. The van der Waals surface area contributed by atoms with E-state index in [1.807, 2.05) is 0 Å². The van der Waals surface area contributed by atoms with Gasteiger partial charge in [0.25, 0.3) is 0 Å². The number of aliphatic carboxylic acids is 1. The number of allylic oxidation sites excluding steroid dienone is 1. The Labute approximate surface area is 183 Å². The molecule has 0 rings (SSSR count). The number of thioether (sulfide) groups is 1. The fourth-order valence-electron chi connectivity index (χ4n) is 3.47. The van der Waals surface area contributed by atoms with E-state index < -0.39 is 12.0 Å². The van der Waals surface area contributed by atoms with Gasteiger partial charge in [0.15, 0.2) is 0 Å². The van der Waals surface area contributed by atoms with Crippen molar-refractivity contribution in [2.24, 2.45) is 17.8 Å². The Morgan fingerprint density at radius 2 is 1.52 bits per heavy atom. The summed E-state index contributed by atoms with van der Waals surface area (Å²) in [7, 11) is 0. The second kappa shape index (κ2) is 17.9. The van der Waals surface area contributed by atoms with Crippen LogP contribution in [0.3, 0.4) is 0 Å². The van der Waals surface area contributed by atoms with Crippen LogP contribution in [0.1, 0.15) is 92.4 Å². The van der Waals surface area contributed by atoms with E-state index in [1.165, 1.54) is 68.7 Å². The third-order valence-corrected chi connectivity index (χ3v) is 6.51. The van der Waals surface area contributed by atoms with Crippen molar-refractivity contribution in [1.82, 2.24) is 5.32 Å². The van der Waals surface area contributed by atoms with Crippen molar-refractivity contribution in [1.29, 1.82) is 0 Å². The van der Waals surface area contributed by atoms with Crippen LogP contribution in [0.5, 0.6) is 0 Å². The van der Waals surface area contributed by atoms with Crippen LogP contribution in [0, 0.1) is 17.8 Å². The topological polar surface area (TPSA) is 66.4 Å². The maximum absolute atomic E-state index is 11.0. The highest BCUT2D eigenvalue weighted by Crippen LogP contribution is 2.22. The molecule has 0 saturated carbocycles. The molecule has 0 aliphatic rings. The number of hydrogen-bond donors (Lipinski definition) is 2. The zero-order chi connectivity index (χ0) is 22.1. The Kier molecular flexibility index (Phi) is 17.3. The van der Waals surface area contributed by atoms with E-state index in [1.54, 1.807) is 0 Å². The molecule has 0 fully saturated rings. The number of rotatable bonds is 19. The van der Waals surface area contributed by atoms with Gasteiger partial charge in [-0.15, -0.1) is 0 Å². The summed E-state index contributed by atoms with van der Waals surface area (Å²) in [5.41, 5.74) is 1.37. The van der Waals surface area contributed by atoms with E-state index in [4.69, 9.17) is 5.11 Å². The summed E-state index contributed by atoms with van der Waals surface area (Å²) in [6.45, 7) is 11.6. The average molecular weight is 428 g/mol. The molecule has 0 aromatic rings. The van der Waals surface area contributed by atoms with Gasteiger partial charge < -0.3 is 10.4 Å². The number of hydrogen-bond acceptors (Lipinski definition) is 3. The SMILES string of the molecule is C/C(=C\CSCC(NC=O)C(=O)O)CCCC(C)CCCC(C)CCCC(C)C. The van der Waals surface area contributed by atoms with Crippen LogP contribution >= 0.6 is 11.8 Å². The largest absolute Gasteiger partial charge is 0.480 e. The molecular weight excluding hydrogens is 382 g/mol. The number of nitrogens with one attached hydrogen (secondary N) is 1. The third kappa shape index (κ3) is 17.6. The molecule has 4 nitrogen and oxygen atoms in total. The minimum absolute atomic E-state index is 0.394. The van der Waals surface area contributed by atoms with Crippen molar-refractivity contribution in [3.05, 3.63) is 11.6 Å². The lowest BCUT2D eigenvalue weighted by molar-refractivity contribution is -0.139. The van der Waals surface area contributed by atoms with Gasteiger partial charge in [-0.2, -0.15) is 11.8 Å². The summed E-state index contributed by atoms with van der Waals surface area (Å²) >= 11 is 1.54. The number of carbonyl (C=O) groups excluding carboxylic acids is 1. The van der Waals surface area contributed by atoms with Crippen LogP contribution in [-0.2, 0) is 9.59 Å². The van der Waals surface area contributed by atoms with Gasteiger partial charge >= 0.3 is 5.97 Å². The Bertz CT molecular complexity index is 465. The maximum atomic E-state index is 11.0. The first-order valence-corrected chi connectivity index (χ1v) is 12.6. The molecule has 0 aromatic heterocycles. The quantitative estimate of drug-likeness (QED) is 0.144. The number of carboxylic acid groups (broad SMARTS) is 1. The first-order valence-electron chi connectivity index (χ1n) is 11.4. The standard InChI is InChI=1S/C24H45NO3S/c1-19(2)9-6-10-20(3)11-7-12-21(4)13-8-14-22(5)15-16-29-17-23(24(27)28)25-18-26/h15,18-21,23H,6-14,16-17H2,1-5H3,(H,25,26)(H,27,28)/b22-15+. The Morgan fingerprint density at radius 1 is 0.966 bits per heavy atom. The van der Waals surface area contributed by atoms with Crippen LogP contribution in [0.2, 0.25) is 0 Å². The van der Waals surface area contributed by atoms with Crippen LogP contribution in [0.4, 0.5) is 0 Å². The molecule has 3 atom stereocenters. The second-order valence-corrected chi connectivity index (χ2v) is 10.2. The molecule has 0 aliphatic heterocycles. The highest BCUT2D eigenvalue weighted by atomic mass is 32.2. The van der Waals surface area contributed by atoms with Crippen LogP contribution in [-0.4, -0.2) is 35.0 Å². The van der Waals surface area contributed by atoms with Crippen LogP contribution < -0.4 is 5.32 Å². The molecule has 3 unspecified atom stereocenters. The van der Waals surface area contributed by atoms with E-state index in [2.05, 4.69) is 46.0 Å². The molecule has 0 heterocycles. The second-order valence-electron chi connectivity index (χ2n) is 9.12. The molecule has 0 radical (unpaired) electrons.